The lowest BCUT2D eigenvalue weighted by Gasteiger charge is -2.07. The number of nitrogens with zero attached hydrogens (tertiary/aromatic N) is 2. The van der Waals surface area contributed by atoms with Gasteiger partial charge in [-0.1, -0.05) is 30.3 Å². The molecule has 0 aliphatic heterocycles. The highest BCUT2D eigenvalue weighted by molar-refractivity contribution is 5.54. The van der Waals surface area contributed by atoms with Gasteiger partial charge < -0.3 is 10.5 Å². The molecule has 0 amide bonds. The molecule has 4 nitrogen and oxygen atoms in total. The molecule has 19 heavy (non-hydrogen) atoms. The van der Waals surface area contributed by atoms with E-state index in [1.54, 1.807) is 12.4 Å². The molecule has 0 fully saturated rings. The van der Waals surface area contributed by atoms with Crippen molar-refractivity contribution < 1.29 is 9.13 Å². The summed E-state index contributed by atoms with van der Waals surface area (Å²) in [5, 5.41) is 0. The van der Waals surface area contributed by atoms with Crippen LogP contribution in [0.15, 0.2) is 54.6 Å². The minimum absolute atomic E-state index is 0.0983. The van der Waals surface area contributed by atoms with Crippen molar-refractivity contribution in [2.75, 3.05) is 13.2 Å². The monoisotopic (exact) mass is 259 g/mol. The molecule has 0 unspecified atom stereocenters. The first kappa shape index (κ1) is 13.2. The fourth-order valence-electron chi connectivity index (χ4n) is 1.44. The summed E-state index contributed by atoms with van der Waals surface area (Å²) in [4.78, 5) is 8.40. The normalized spacial score (nSPS) is 11.4. The second-order valence-electron chi connectivity index (χ2n) is 3.87. The van der Waals surface area contributed by atoms with Crippen molar-refractivity contribution in [2.24, 2.45) is 5.73 Å². The van der Waals surface area contributed by atoms with Gasteiger partial charge in [0, 0.05) is 17.7 Å². The molecule has 1 aromatic heterocycles. The van der Waals surface area contributed by atoms with Crippen LogP contribution >= 0.6 is 0 Å². The van der Waals surface area contributed by atoms with Gasteiger partial charge in [0.2, 0.25) is 0 Å². The highest BCUT2D eigenvalue weighted by Gasteiger charge is 2.02. The topological polar surface area (TPSA) is 61.0 Å². The van der Waals surface area contributed by atoms with E-state index in [1.165, 1.54) is 0 Å². The van der Waals surface area contributed by atoms with Crippen LogP contribution in [-0.2, 0) is 0 Å². The van der Waals surface area contributed by atoms with E-state index in [-0.39, 0.29) is 13.2 Å². The number of hydrogen-bond donors (Lipinski definition) is 1. The van der Waals surface area contributed by atoms with Gasteiger partial charge in [0.05, 0.1) is 18.7 Å². The van der Waals surface area contributed by atoms with Crippen molar-refractivity contribution in [3.8, 4) is 17.1 Å². The van der Waals surface area contributed by atoms with Crippen molar-refractivity contribution in [3.63, 3.8) is 0 Å². The van der Waals surface area contributed by atoms with Crippen LogP contribution in [0.5, 0.6) is 5.75 Å². The lowest BCUT2D eigenvalue weighted by atomic mass is 10.2. The summed E-state index contributed by atoms with van der Waals surface area (Å²) in [6, 6.07) is 9.62. The van der Waals surface area contributed by atoms with Gasteiger partial charge >= 0.3 is 0 Å². The van der Waals surface area contributed by atoms with Crippen LogP contribution in [0.3, 0.4) is 0 Å². The highest BCUT2D eigenvalue weighted by Crippen LogP contribution is 2.16. The Morgan fingerprint density at radius 2 is 1.89 bits per heavy atom. The number of nitrogens with two attached hydrogens (primary N) is 1. The molecule has 1 heterocycles. The van der Waals surface area contributed by atoms with Crippen molar-refractivity contribution in [2.45, 2.75) is 0 Å². The van der Waals surface area contributed by atoms with Crippen LogP contribution in [0.4, 0.5) is 4.39 Å². The standard InChI is InChI=1S/C14H14FN3O/c15-6-11(7-16)10-19-13-8-17-14(18-9-13)12-4-2-1-3-5-12/h1-6,8-9H,7,10,16H2. The van der Waals surface area contributed by atoms with Crippen molar-refractivity contribution in [1.82, 2.24) is 9.97 Å². The zero-order chi connectivity index (χ0) is 13.5. The zero-order valence-electron chi connectivity index (χ0n) is 10.3. The smallest absolute Gasteiger partial charge is 0.159 e. The van der Waals surface area contributed by atoms with E-state index in [0.29, 0.717) is 23.5 Å². The minimum atomic E-state index is 0.0983. The predicted octanol–water partition coefficient (Wildman–Crippen LogP) is 2.33. The number of ether oxygens (including phenoxy) is 1. The van der Waals surface area contributed by atoms with Gasteiger partial charge in [-0.05, 0) is 0 Å². The summed E-state index contributed by atoms with van der Waals surface area (Å²) < 4.78 is 17.6. The number of aromatic nitrogens is 2. The number of halogens is 1. The summed E-state index contributed by atoms with van der Waals surface area (Å²) in [5.74, 6) is 1.10. The summed E-state index contributed by atoms with van der Waals surface area (Å²) in [7, 11) is 0. The van der Waals surface area contributed by atoms with Gasteiger partial charge in [-0.2, -0.15) is 0 Å². The molecule has 0 saturated heterocycles. The van der Waals surface area contributed by atoms with Gasteiger partial charge in [-0.3, -0.25) is 0 Å². The molecule has 0 aliphatic rings. The van der Waals surface area contributed by atoms with Crippen LogP contribution < -0.4 is 10.5 Å². The minimum Gasteiger partial charge on any atom is -0.486 e. The van der Waals surface area contributed by atoms with Crippen LogP contribution in [0.1, 0.15) is 0 Å². The van der Waals surface area contributed by atoms with Gasteiger partial charge in [-0.15, -0.1) is 0 Å². The van der Waals surface area contributed by atoms with E-state index < -0.39 is 0 Å². The van der Waals surface area contributed by atoms with Crippen molar-refractivity contribution in [3.05, 3.63) is 54.6 Å². The van der Waals surface area contributed by atoms with Crippen LogP contribution in [0.2, 0.25) is 0 Å². The Labute approximate surface area is 110 Å². The maximum Gasteiger partial charge on any atom is 0.159 e. The SMILES string of the molecule is NCC(=CF)COc1cnc(-c2ccccc2)nc1. The summed E-state index contributed by atoms with van der Waals surface area (Å²) in [6.07, 6.45) is 3.57. The second-order valence-corrected chi connectivity index (χ2v) is 3.87. The van der Waals surface area contributed by atoms with Crippen LogP contribution in [0, 0.1) is 0 Å². The number of rotatable bonds is 5. The van der Waals surface area contributed by atoms with Gasteiger partial charge in [-0.25, -0.2) is 14.4 Å². The first-order valence-electron chi connectivity index (χ1n) is 5.82. The molecule has 0 aliphatic carbocycles. The van der Waals surface area contributed by atoms with E-state index in [2.05, 4.69) is 9.97 Å². The van der Waals surface area contributed by atoms with E-state index >= 15 is 0 Å². The first-order valence-corrected chi connectivity index (χ1v) is 5.82. The molecule has 2 N–H and O–H groups in total. The molecule has 0 bridgehead atoms. The second kappa shape index (κ2) is 6.61. The zero-order valence-corrected chi connectivity index (χ0v) is 10.3. The molecule has 0 spiro atoms. The molecule has 2 rings (SSSR count). The molecule has 1 aromatic carbocycles. The van der Waals surface area contributed by atoms with E-state index in [1.807, 2.05) is 30.3 Å². The maximum absolute atomic E-state index is 12.3. The average Bonchev–Trinajstić information content (AvgIpc) is 2.50. The summed E-state index contributed by atoms with van der Waals surface area (Å²) in [5.41, 5.74) is 6.64. The quantitative estimate of drug-likeness (QED) is 0.895. The third-order valence-corrected chi connectivity index (χ3v) is 2.50. The lowest BCUT2D eigenvalue weighted by molar-refractivity contribution is 0.344. The average molecular weight is 259 g/mol. The largest absolute Gasteiger partial charge is 0.486 e. The Morgan fingerprint density at radius 1 is 1.21 bits per heavy atom. The molecule has 0 radical (unpaired) electrons. The van der Waals surface area contributed by atoms with Crippen LogP contribution in [-0.4, -0.2) is 23.1 Å². The maximum atomic E-state index is 12.3. The van der Waals surface area contributed by atoms with E-state index in [9.17, 15) is 4.39 Å². The number of hydrogen-bond acceptors (Lipinski definition) is 4. The Hall–Kier alpha value is -2.27. The molecule has 0 atom stereocenters. The fourth-order valence-corrected chi connectivity index (χ4v) is 1.44. The van der Waals surface area contributed by atoms with E-state index in [0.717, 1.165) is 5.56 Å². The third kappa shape index (κ3) is 3.59. The Bertz CT molecular complexity index is 540. The fraction of sp³-hybridized carbons (Fsp3) is 0.143. The third-order valence-electron chi connectivity index (χ3n) is 2.50. The molecular formula is C14H14FN3O. The van der Waals surface area contributed by atoms with E-state index in [4.69, 9.17) is 10.5 Å². The number of benzene rings is 1. The van der Waals surface area contributed by atoms with Crippen molar-refractivity contribution in [1.29, 1.82) is 0 Å². The first-order chi connectivity index (χ1) is 9.33. The lowest BCUT2D eigenvalue weighted by Crippen LogP contribution is -2.11. The predicted molar refractivity (Wildman–Crippen MR) is 71.2 cm³/mol. The Morgan fingerprint density at radius 3 is 2.47 bits per heavy atom. The van der Waals surface area contributed by atoms with Crippen LogP contribution in [0.25, 0.3) is 11.4 Å². The summed E-state index contributed by atoms with van der Waals surface area (Å²) >= 11 is 0. The Balaban J connectivity index is 2.03. The highest BCUT2D eigenvalue weighted by atomic mass is 19.1. The molecule has 0 saturated carbocycles. The van der Waals surface area contributed by atoms with Gasteiger partial charge in [0.25, 0.3) is 0 Å². The molecule has 2 aromatic rings. The summed E-state index contributed by atoms with van der Waals surface area (Å²) in [6.45, 7) is 0.223. The Kier molecular flexibility index (Phi) is 4.58. The van der Waals surface area contributed by atoms with Gasteiger partial charge in [0.15, 0.2) is 11.6 Å². The van der Waals surface area contributed by atoms with Gasteiger partial charge in [0.1, 0.15) is 6.61 Å². The molecule has 98 valence electrons. The molecule has 5 heteroatoms. The van der Waals surface area contributed by atoms with Crippen molar-refractivity contribution >= 4 is 0 Å². The molecular weight excluding hydrogens is 245 g/mol.